The van der Waals surface area contributed by atoms with Gasteiger partial charge in [0.2, 0.25) is 0 Å². The van der Waals surface area contributed by atoms with Crippen LogP contribution in [0, 0.1) is 0 Å². The molecular formula is C18H17ClN2. The number of para-hydroxylation sites is 2. The molecule has 3 aromatic rings. The molecule has 0 saturated heterocycles. The minimum Gasteiger partial charge on any atom is -0.367 e. The maximum absolute atomic E-state index is 6.35. The molecule has 1 heterocycles. The van der Waals surface area contributed by atoms with Gasteiger partial charge in [-0.15, -0.1) is 0 Å². The Balaban J connectivity index is 1.95. The zero-order valence-corrected chi connectivity index (χ0v) is 12.7. The summed E-state index contributed by atoms with van der Waals surface area (Å²) in [5.74, 6) is 0. The number of hydrogen-bond acceptors (Lipinski definition) is 2. The average molecular weight is 297 g/mol. The molecule has 0 amide bonds. The van der Waals surface area contributed by atoms with Gasteiger partial charge in [0.25, 0.3) is 0 Å². The van der Waals surface area contributed by atoms with Crippen LogP contribution in [-0.4, -0.2) is 11.5 Å². The van der Waals surface area contributed by atoms with Gasteiger partial charge in [-0.25, -0.2) is 4.98 Å². The summed E-state index contributed by atoms with van der Waals surface area (Å²) < 4.78 is 0. The van der Waals surface area contributed by atoms with Gasteiger partial charge < -0.3 is 4.90 Å². The first-order valence-corrected chi connectivity index (χ1v) is 7.50. The van der Waals surface area contributed by atoms with Crippen LogP contribution in [0.3, 0.4) is 0 Å². The van der Waals surface area contributed by atoms with Crippen LogP contribution >= 0.6 is 11.6 Å². The van der Waals surface area contributed by atoms with E-state index in [1.807, 2.05) is 24.3 Å². The van der Waals surface area contributed by atoms with Crippen molar-refractivity contribution in [3.63, 3.8) is 0 Å². The van der Waals surface area contributed by atoms with E-state index >= 15 is 0 Å². The summed E-state index contributed by atoms with van der Waals surface area (Å²) in [6.45, 7) is 3.83. The fraction of sp³-hybridized carbons (Fsp3) is 0.167. The van der Waals surface area contributed by atoms with Crippen molar-refractivity contribution in [2.24, 2.45) is 0 Å². The molecule has 0 atom stereocenters. The first-order chi connectivity index (χ1) is 10.3. The van der Waals surface area contributed by atoms with E-state index < -0.39 is 0 Å². The molecule has 2 aromatic carbocycles. The lowest BCUT2D eigenvalue weighted by molar-refractivity contribution is 0.830. The standard InChI is InChI=1S/C18H17ClN2/c1-2-21(16-9-4-3-5-10-16)13-15-12-14-8-6-7-11-17(14)20-18(15)19/h3-12H,2,13H2,1H3. The Morgan fingerprint density at radius 3 is 2.48 bits per heavy atom. The van der Waals surface area contributed by atoms with Gasteiger partial charge in [0.1, 0.15) is 5.15 Å². The smallest absolute Gasteiger partial charge is 0.134 e. The highest BCUT2D eigenvalue weighted by molar-refractivity contribution is 6.30. The number of nitrogens with zero attached hydrogens (tertiary/aromatic N) is 2. The van der Waals surface area contributed by atoms with Gasteiger partial charge in [-0.05, 0) is 31.2 Å². The Labute approximate surface area is 130 Å². The number of benzene rings is 2. The molecule has 3 rings (SSSR count). The molecule has 0 aliphatic heterocycles. The molecular weight excluding hydrogens is 280 g/mol. The quantitative estimate of drug-likeness (QED) is 0.636. The molecule has 0 aliphatic rings. The van der Waals surface area contributed by atoms with Crippen molar-refractivity contribution in [2.45, 2.75) is 13.5 Å². The molecule has 0 spiro atoms. The summed E-state index contributed by atoms with van der Waals surface area (Å²) in [6, 6.07) is 20.6. The van der Waals surface area contributed by atoms with E-state index in [0.717, 1.165) is 29.6 Å². The molecule has 2 nitrogen and oxygen atoms in total. The summed E-state index contributed by atoms with van der Waals surface area (Å²) in [7, 11) is 0. The SMILES string of the molecule is CCN(Cc1cc2ccccc2nc1Cl)c1ccccc1. The highest BCUT2D eigenvalue weighted by atomic mass is 35.5. The second-order valence-electron chi connectivity index (χ2n) is 4.98. The van der Waals surface area contributed by atoms with E-state index in [1.54, 1.807) is 0 Å². The van der Waals surface area contributed by atoms with E-state index in [9.17, 15) is 0 Å². The van der Waals surface area contributed by atoms with Gasteiger partial charge in [-0.1, -0.05) is 48.0 Å². The van der Waals surface area contributed by atoms with E-state index in [0.29, 0.717) is 5.15 Å². The van der Waals surface area contributed by atoms with Crippen LogP contribution in [-0.2, 0) is 6.54 Å². The molecule has 21 heavy (non-hydrogen) atoms. The van der Waals surface area contributed by atoms with E-state index in [4.69, 9.17) is 11.6 Å². The summed E-state index contributed by atoms with van der Waals surface area (Å²) in [6.07, 6.45) is 0. The average Bonchev–Trinajstić information content (AvgIpc) is 2.53. The van der Waals surface area contributed by atoms with Crippen molar-refractivity contribution in [3.8, 4) is 0 Å². The van der Waals surface area contributed by atoms with Gasteiger partial charge in [-0.3, -0.25) is 0 Å². The molecule has 0 radical (unpaired) electrons. The Bertz CT molecular complexity index is 741. The number of aromatic nitrogens is 1. The minimum atomic E-state index is 0.586. The highest BCUT2D eigenvalue weighted by Crippen LogP contribution is 2.24. The molecule has 0 fully saturated rings. The Hall–Kier alpha value is -2.06. The summed E-state index contributed by atoms with van der Waals surface area (Å²) in [5.41, 5.74) is 3.19. The molecule has 0 unspecified atom stereocenters. The maximum Gasteiger partial charge on any atom is 0.134 e. The van der Waals surface area contributed by atoms with Crippen molar-refractivity contribution < 1.29 is 0 Å². The van der Waals surface area contributed by atoms with Gasteiger partial charge in [-0.2, -0.15) is 0 Å². The largest absolute Gasteiger partial charge is 0.367 e. The third-order valence-electron chi connectivity index (χ3n) is 3.61. The molecule has 106 valence electrons. The van der Waals surface area contributed by atoms with Crippen LogP contribution in [0.2, 0.25) is 5.15 Å². The first kappa shape index (κ1) is 13.9. The van der Waals surface area contributed by atoms with Crippen LogP contribution in [0.5, 0.6) is 0 Å². The van der Waals surface area contributed by atoms with Gasteiger partial charge in [0.05, 0.1) is 5.52 Å². The number of pyridine rings is 1. The van der Waals surface area contributed by atoms with E-state index in [2.05, 4.69) is 53.2 Å². The lowest BCUT2D eigenvalue weighted by atomic mass is 10.1. The molecule has 3 heteroatoms. The molecule has 0 bridgehead atoms. The Kier molecular flexibility index (Phi) is 4.07. The predicted octanol–water partition coefficient (Wildman–Crippen LogP) is 4.91. The Morgan fingerprint density at radius 1 is 1.00 bits per heavy atom. The first-order valence-electron chi connectivity index (χ1n) is 7.12. The third kappa shape index (κ3) is 3.01. The molecule has 0 saturated carbocycles. The third-order valence-corrected chi connectivity index (χ3v) is 3.94. The van der Waals surface area contributed by atoms with Crippen molar-refractivity contribution in [2.75, 3.05) is 11.4 Å². The summed E-state index contributed by atoms with van der Waals surface area (Å²) >= 11 is 6.35. The second-order valence-corrected chi connectivity index (χ2v) is 5.34. The van der Waals surface area contributed by atoms with Crippen LogP contribution in [0.15, 0.2) is 60.7 Å². The number of halogens is 1. The van der Waals surface area contributed by atoms with Gasteiger partial charge in [0, 0.05) is 29.7 Å². The molecule has 0 aliphatic carbocycles. The van der Waals surface area contributed by atoms with Gasteiger partial charge in [0.15, 0.2) is 0 Å². The van der Waals surface area contributed by atoms with E-state index in [1.165, 1.54) is 5.69 Å². The van der Waals surface area contributed by atoms with Crippen LogP contribution in [0.25, 0.3) is 10.9 Å². The normalized spacial score (nSPS) is 10.8. The highest BCUT2D eigenvalue weighted by Gasteiger charge is 2.10. The van der Waals surface area contributed by atoms with Gasteiger partial charge >= 0.3 is 0 Å². The zero-order chi connectivity index (χ0) is 14.7. The maximum atomic E-state index is 6.35. The number of hydrogen-bond donors (Lipinski definition) is 0. The monoisotopic (exact) mass is 296 g/mol. The fourth-order valence-electron chi connectivity index (χ4n) is 2.48. The topological polar surface area (TPSA) is 16.1 Å². The number of anilines is 1. The molecule has 0 N–H and O–H groups in total. The van der Waals surface area contributed by atoms with Crippen LogP contribution < -0.4 is 4.90 Å². The lowest BCUT2D eigenvalue weighted by Gasteiger charge is -2.23. The van der Waals surface area contributed by atoms with Crippen molar-refractivity contribution in [1.29, 1.82) is 0 Å². The van der Waals surface area contributed by atoms with Crippen LogP contribution in [0.1, 0.15) is 12.5 Å². The van der Waals surface area contributed by atoms with Crippen molar-refractivity contribution >= 4 is 28.2 Å². The lowest BCUT2D eigenvalue weighted by Crippen LogP contribution is -2.22. The summed E-state index contributed by atoms with van der Waals surface area (Å²) in [4.78, 5) is 6.78. The summed E-state index contributed by atoms with van der Waals surface area (Å²) in [5, 5.41) is 1.71. The van der Waals surface area contributed by atoms with Crippen molar-refractivity contribution in [3.05, 3.63) is 71.4 Å². The second kappa shape index (κ2) is 6.15. The minimum absolute atomic E-state index is 0.586. The zero-order valence-electron chi connectivity index (χ0n) is 12.0. The predicted molar refractivity (Wildman–Crippen MR) is 89.9 cm³/mol. The molecule has 1 aromatic heterocycles. The van der Waals surface area contributed by atoms with Crippen LogP contribution in [0.4, 0.5) is 5.69 Å². The fourth-order valence-corrected chi connectivity index (χ4v) is 2.68. The van der Waals surface area contributed by atoms with E-state index in [-0.39, 0.29) is 0 Å². The Morgan fingerprint density at radius 2 is 1.71 bits per heavy atom. The number of rotatable bonds is 4. The van der Waals surface area contributed by atoms with Crippen molar-refractivity contribution in [1.82, 2.24) is 4.98 Å². The number of fused-ring (bicyclic) bond motifs is 1.